The zero-order valence-corrected chi connectivity index (χ0v) is 16.4. The van der Waals surface area contributed by atoms with Gasteiger partial charge >= 0.3 is 0 Å². The molecule has 9 nitrogen and oxygen atoms in total. The lowest BCUT2D eigenvalue weighted by atomic mass is 9.92. The maximum absolute atomic E-state index is 12.9. The van der Waals surface area contributed by atoms with Gasteiger partial charge in [-0.1, -0.05) is 0 Å². The number of ether oxygens (including phenoxy) is 3. The highest BCUT2D eigenvalue weighted by Gasteiger charge is 2.52. The molecule has 5 rings (SSSR count). The highest BCUT2D eigenvalue weighted by Crippen LogP contribution is 2.50. The van der Waals surface area contributed by atoms with Crippen LogP contribution in [0.15, 0.2) is 45.6 Å². The van der Waals surface area contributed by atoms with Crippen molar-refractivity contribution in [3.8, 4) is 28.6 Å². The van der Waals surface area contributed by atoms with Crippen molar-refractivity contribution in [1.82, 2.24) is 0 Å². The number of fused-ring (bicyclic) bond motifs is 4. The van der Waals surface area contributed by atoms with E-state index in [1.807, 2.05) is 0 Å². The zero-order chi connectivity index (χ0) is 21.9. The van der Waals surface area contributed by atoms with E-state index < -0.39 is 42.6 Å². The third-order valence-corrected chi connectivity index (χ3v) is 5.78. The number of rotatable bonds is 3. The topological polar surface area (TPSA) is 139 Å². The van der Waals surface area contributed by atoms with Gasteiger partial charge < -0.3 is 39.1 Å². The van der Waals surface area contributed by atoms with E-state index in [9.17, 15) is 25.2 Å². The minimum atomic E-state index is -1.36. The molecule has 0 saturated carbocycles. The predicted octanol–water partition coefficient (Wildman–Crippen LogP) is 1.09. The first-order valence-electron chi connectivity index (χ1n) is 9.70. The molecule has 3 heterocycles. The second kappa shape index (κ2) is 7.24. The number of hydrogen-bond acceptors (Lipinski definition) is 9. The van der Waals surface area contributed by atoms with Crippen molar-refractivity contribution in [2.45, 2.75) is 30.5 Å². The van der Waals surface area contributed by atoms with Gasteiger partial charge in [0.2, 0.25) is 0 Å². The molecule has 2 aliphatic heterocycles. The summed E-state index contributed by atoms with van der Waals surface area (Å²) in [7, 11) is 1.55. The second-order valence-corrected chi connectivity index (χ2v) is 7.55. The Bertz CT molecular complexity index is 1200. The summed E-state index contributed by atoms with van der Waals surface area (Å²) >= 11 is 0. The Morgan fingerprint density at radius 3 is 2.52 bits per heavy atom. The molecule has 1 saturated heterocycles. The summed E-state index contributed by atoms with van der Waals surface area (Å²) in [6.45, 7) is -0.529. The van der Waals surface area contributed by atoms with Crippen molar-refractivity contribution in [2.75, 3.05) is 13.7 Å². The molecule has 0 spiro atoms. The smallest absolute Gasteiger partial charge is 0.197 e. The van der Waals surface area contributed by atoms with E-state index in [0.717, 1.165) is 0 Å². The summed E-state index contributed by atoms with van der Waals surface area (Å²) in [5, 5.41) is 40.8. The summed E-state index contributed by atoms with van der Waals surface area (Å²) in [5.41, 5.74) is 0.446. The Kier molecular flexibility index (Phi) is 4.63. The van der Waals surface area contributed by atoms with Crippen LogP contribution in [0.25, 0.3) is 22.3 Å². The van der Waals surface area contributed by atoms with Crippen LogP contribution in [0.2, 0.25) is 0 Å². The summed E-state index contributed by atoms with van der Waals surface area (Å²) < 4.78 is 22.4. The minimum Gasteiger partial charge on any atom is -0.506 e. The van der Waals surface area contributed by atoms with Crippen LogP contribution < -0.4 is 14.9 Å². The number of phenols is 1. The number of aromatic hydroxyl groups is 1. The van der Waals surface area contributed by atoms with Gasteiger partial charge in [-0.05, 0) is 24.3 Å². The van der Waals surface area contributed by atoms with Gasteiger partial charge in [-0.2, -0.15) is 0 Å². The molecule has 0 aliphatic carbocycles. The summed E-state index contributed by atoms with van der Waals surface area (Å²) in [6.07, 6.45) is -5.75. The molecule has 9 heteroatoms. The maximum Gasteiger partial charge on any atom is 0.197 e. The third-order valence-electron chi connectivity index (χ3n) is 5.78. The molecule has 31 heavy (non-hydrogen) atoms. The average Bonchev–Trinajstić information content (AvgIpc) is 3.14. The van der Waals surface area contributed by atoms with Crippen molar-refractivity contribution in [3.05, 3.63) is 52.2 Å². The fourth-order valence-corrected chi connectivity index (χ4v) is 4.17. The van der Waals surface area contributed by atoms with Crippen LogP contribution in [0.4, 0.5) is 0 Å². The van der Waals surface area contributed by atoms with Gasteiger partial charge in [0.1, 0.15) is 58.4 Å². The monoisotopic (exact) mass is 428 g/mol. The molecular weight excluding hydrogens is 408 g/mol. The number of methoxy groups -OCH3 is 1. The van der Waals surface area contributed by atoms with Gasteiger partial charge in [-0.15, -0.1) is 0 Å². The van der Waals surface area contributed by atoms with Crippen LogP contribution in [0.3, 0.4) is 0 Å². The van der Waals surface area contributed by atoms with Gasteiger partial charge in [0.15, 0.2) is 11.5 Å². The molecule has 0 bridgehead atoms. The van der Waals surface area contributed by atoms with E-state index in [1.165, 1.54) is 12.1 Å². The Balaban J connectivity index is 1.63. The summed E-state index contributed by atoms with van der Waals surface area (Å²) in [5.74, 6) is 0.734. The van der Waals surface area contributed by atoms with Gasteiger partial charge in [-0.3, -0.25) is 4.79 Å². The third kappa shape index (κ3) is 2.97. The Labute approximate surface area is 175 Å². The van der Waals surface area contributed by atoms with E-state index in [4.69, 9.17) is 18.6 Å². The number of phenolic OH excluding ortho intramolecular Hbond substituents is 1. The highest BCUT2D eigenvalue weighted by molar-refractivity contribution is 5.88. The summed E-state index contributed by atoms with van der Waals surface area (Å²) in [6, 6.07) is 9.67. The lowest BCUT2D eigenvalue weighted by Gasteiger charge is -2.38. The first-order valence-corrected chi connectivity index (χ1v) is 9.70. The molecule has 162 valence electrons. The van der Waals surface area contributed by atoms with E-state index in [1.54, 1.807) is 31.4 Å². The first kappa shape index (κ1) is 19.8. The molecule has 1 aromatic heterocycles. The van der Waals surface area contributed by atoms with Crippen LogP contribution in [-0.2, 0) is 4.74 Å². The number of aliphatic hydroxyl groups is 3. The van der Waals surface area contributed by atoms with Crippen LogP contribution in [0.1, 0.15) is 11.7 Å². The maximum atomic E-state index is 12.9. The van der Waals surface area contributed by atoms with Crippen molar-refractivity contribution < 1.29 is 39.1 Å². The molecule has 2 aliphatic rings. The van der Waals surface area contributed by atoms with E-state index >= 15 is 0 Å². The highest BCUT2D eigenvalue weighted by atomic mass is 16.6. The SMILES string of the molecule is COc1ccc(-c2cc(=O)c3c(O)c4c(cc3o2)O[C@H]2[C@@H](O)[C@H](O)[C@@H](CO)O[C@@H]42)cc1. The molecule has 1 fully saturated rings. The summed E-state index contributed by atoms with van der Waals surface area (Å²) in [4.78, 5) is 12.9. The van der Waals surface area contributed by atoms with Gasteiger partial charge in [0.05, 0.1) is 19.3 Å². The predicted molar refractivity (Wildman–Crippen MR) is 107 cm³/mol. The lowest BCUT2D eigenvalue weighted by Crippen LogP contribution is -2.55. The minimum absolute atomic E-state index is 0.0509. The van der Waals surface area contributed by atoms with E-state index in [-0.39, 0.29) is 28.0 Å². The fraction of sp³-hybridized carbons (Fsp3) is 0.318. The number of hydrogen-bond donors (Lipinski definition) is 4. The van der Waals surface area contributed by atoms with Crippen LogP contribution in [0.5, 0.6) is 17.2 Å². The molecule has 3 aromatic rings. The molecule has 0 unspecified atom stereocenters. The molecular formula is C22H20O9. The van der Waals surface area contributed by atoms with Crippen molar-refractivity contribution in [1.29, 1.82) is 0 Å². The quantitative estimate of drug-likeness (QED) is 0.483. The Morgan fingerprint density at radius 1 is 1.10 bits per heavy atom. The van der Waals surface area contributed by atoms with Gasteiger partial charge in [0, 0.05) is 17.7 Å². The van der Waals surface area contributed by atoms with Gasteiger partial charge in [-0.25, -0.2) is 0 Å². The van der Waals surface area contributed by atoms with Crippen LogP contribution in [0, 0.1) is 0 Å². The first-order chi connectivity index (χ1) is 14.9. The standard InChI is InChI=1S/C22H20O9/c1-28-10-4-2-9(3-5-10)12-6-11(24)16-13(29-12)7-14-17(19(16)26)21-22(30-14)20(27)18(25)15(8-23)31-21/h2-7,15,18,20-23,25-27H,8H2,1H3/t15-,18-,20+,21+,22+/m1/s1. The van der Waals surface area contributed by atoms with Crippen LogP contribution in [-0.4, -0.2) is 58.6 Å². The molecule has 5 atom stereocenters. The molecule has 0 radical (unpaired) electrons. The molecule has 4 N–H and O–H groups in total. The lowest BCUT2D eigenvalue weighted by molar-refractivity contribution is -0.215. The number of benzene rings is 2. The largest absolute Gasteiger partial charge is 0.506 e. The molecule has 0 amide bonds. The normalized spacial score (nSPS) is 26.9. The second-order valence-electron chi connectivity index (χ2n) is 7.55. The van der Waals surface area contributed by atoms with E-state index in [0.29, 0.717) is 17.1 Å². The average molecular weight is 428 g/mol. The number of aliphatic hydroxyl groups excluding tert-OH is 3. The van der Waals surface area contributed by atoms with Crippen molar-refractivity contribution >= 4 is 11.0 Å². The Hall–Kier alpha value is -3.11. The van der Waals surface area contributed by atoms with Crippen molar-refractivity contribution in [2.24, 2.45) is 0 Å². The van der Waals surface area contributed by atoms with Gasteiger partial charge in [0.25, 0.3) is 0 Å². The Morgan fingerprint density at radius 2 is 1.84 bits per heavy atom. The van der Waals surface area contributed by atoms with Crippen LogP contribution >= 0.6 is 0 Å². The fourth-order valence-electron chi connectivity index (χ4n) is 4.17. The molecule has 2 aromatic carbocycles. The zero-order valence-electron chi connectivity index (χ0n) is 16.4. The van der Waals surface area contributed by atoms with Crippen molar-refractivity contribution in [3.63, 3.8) is 0 Å². The van der Waals surface area contributed by atoms with E-state index in [2.05, 4.69) is 0 Å².